The highest BCUT2D eigenvalue weighted by Crippen LogP contribution is 2.37. The maximum absolute atomic E-state index is 14.6. The summed E-state index contributed by atoms with van der Waals surface area (Å²) in [6.07, 6.45) is 0.842. The van der Waals surface area contributed by atoms with Crippen molar-refractivity contribution < 1.29 is 35.9 Å². The Balaban J connectivity index is 0.00000342. The second kappa shape index (κ2) is 21.2. The van der Waals surface area contributed by atoms with Gasteiger partial charge in [-0.2, -0.15) is 26.3 Å². The Morgan fingerprint density at radius 1 is 0.786 bits per heavy atom. The van der Waals surface area contributed by atoms with Crippen LogP contribution in [0.5, 0.6) is 0 Å². The Hall–Kier alpha value is -4.38. The summed E-state index contributed by atoms with van der Waals surface area (Å²) in [6.45, 7) is 9.16. The highest BCUT2D eigenvalue weighted by Gasteiger charge is 2.38. The Morgan fingerprint density at radius 3 is 1.91 bits per heavy atom. The molecule has 1 heterocycles. The van der Waals surface area contributed by atoms with Gasteiger partial charge >= 0.3 is 12.4 Å². The van der Waals surface area contributed by atoms with Crippen LogP contribution in [0.2, 0.25) is 0 Å². The van der Waals surface area contributed by atoms with E-state index in [1.54, 1.807) is 4.90 Å². The average Bonchev–Trinajstić information content (AvgIpc) is 3.20. The number of alkyl halides is 6. The van der Waals surface area contributed by atoms with Crippen molar-refractivity contribution in [1.82, 2.24) is 14.7 Å². The van der Waals surface area contributed by atoms with Crippen LogP contribution in [0.4, 0.5) is 26.3 Å². The van der Waals surface area contributed by atoms with Gasteiger partial charge in [-0.1, -0.05) is 119 Å². The van der Waals surface area contributed by atoms with Crippen LogP contribution in [-0.2, 0) is 41.3 Å². The third-order valence-corrected chi connectivity index (χ3v) is 10.3. The van der Waals surface area contributed by atoms with E-state index in [9.17, 15) is 35.9 Å². The van der Waals surface area contributed by atoms with E-state index in [1.807, 2.05) is 68.5 Å². The first-order valence-corrected chi connectivity index (χ1v) is 19.8. The predicted octanol–water partition coefficient (Wildman–Crippen LogP) is 10.6. The number of amides is 2. The Morgan fingerprint density at radius 2 is 1.38 bits per heavy atom. The molecule has 5 nitrogen and oxygen atoms in total. The molecule has 1 fully saturated rings. The summed E-state index contributed by atoms with van der Waals surface area (Å²) in [7, 11) is 0. The molecule has 56 heavy (non-hydrogen) atoms. The maximum Gasteiger partial charge on any atom is 0.416 e. The lowest BCUT2D eigenvalue weighted by molar-refractivity contribution is -0.146. The van der Waals surface area contributed by atoms with Gasteiger partial charge in [0, 0.05) is 52.1 Å². The van der Waals surface area contributed by atoms with Gasteiger partial charge in [-0.3, -0.25) is 14.5 Å². The second-order valence-electron chi connectivity index (χ2n) is 14.4. The molecule has 2 unspecified atom stereocenters. The average molecular weight is 784 g/mol. The Kier molecular flexibility index (Phi) is 16.8. The molecule has 3 aromatic rings. The number of nitrogens with zero attached hydrogens (tertiary/aromatic N) is 3. The molecular formula is C45H55F6N3O2. The molecule has 0 aromatic heterocycles. The van der Waals surface area contributed by atoms with Crippen LogP contribution in [0.3, 0.4) is 0 Å². The first kappa shape index (κ1) is 44.3. The quantitative estimate of drug-likeness (QED) is 0.114. The molecule has 0 bridgehead atoms. The van der Waals surface area contributed by atoms with Gasteiger partial charge in [0.15, 0.2) is 0 Å². The third kappa shape index (κ3) is 13.4. The maximum atomic E-state index is 14.6. The summed E-state index contributed by atoms with van der Waals surface area (Å²) in [4.78, 5) is 34.4. The van der Waals surface area contributed by atoms with Gasteiger partial charge < -0.3 is 9.80 Å². The van der Waals surface area contributed by atoms with E-state index >= 15 is 0 Å². The number of benzene rings is 3. The topological polar surface area (TPSA) is 43.9 Å². The first-order valence-electron chi connectivity index (χ1n) is 19.8. The van der Waals surface area contributed by atoms with Crippen molar-refractivity contribution >= 4 is 11.8 Å². The molecule has 2 atom stereocenters. The summed E-state index contributed by atoms with van der Waals surface area (Å²) in [5, 5.41) is 0. The number of hydrogen-bond acceptors (Lipinski definition) is 3. The zero-order valence-corrected chi connectivity index (χ0v) is 32.7. The number of unbranched alkanes of at least 4 members (excludes halogenated alkanes) is 2. The highest BCUT2D eigenvalue weighted by molar-refractivity contribution is 5.88. The van der Waals surface area contributed by atoms with Crippen molar-refractivity contribution in [2.24, 2.45) is 5.92 Å². The van der Waals surface area contributed by atoms with Gasteiger partial charge in [-0.15, -0.1) is 0 Å². The fourth-order valence-corrected chi connectivity index (χ4v) is 7.17. The minimum atomic E-state index is -5.00. The number of carbonyl (C=O) groups is 2. The molecule has 1 aliphatic heterocycles. The molecule has 5 rings (SSSR count). The van der Waals surface area contributed by atoms with Crippen LogP contribution < -0.4 is 0 Å². The van der Waals surface area contributed by atoms with Crippen molar-refractivity contribution in [3.63, 3.8) is 0 Å². The molecule has 1 aliphatic carbocycles. The van der Waals surface area contributed by atoms with E-state index in [0.29, 0.717) is 44.2 Å². The number of hydrogen-bond donors (Lipinski definition) is 0. The highest BCUT2D eigenvalue weighted by atomic mass is 19.4. The molecular weight excluding hydrogens is 729 g/mol. The summed E-state index contributed by atoms with van der Waals surface area (Å²) < 4.78 is 81.9. The van der Waals surface area contributed by atoms with Crippen molar-refractivity contribution in [1.29, 1.82) is 0 Å². The van der Waals surface area contributed by atoms with Gasteiger partial charge in [0.25, 0.3) is 0 Å². The van der Waals surface area contributed by atoms with Crippen LogP contribution in [0.1, 0.15) is 87.1 Å². The standard InChI is InChI=1S/C43H49F6N3O2.C2H6/c1-2-3-6-11-32-16-18-35(19-17-32)31-52(40(53)21-20-36-26-37(42(44,45)46)29-38(27-36)43(47,48)49)39(28-33-12-7-4-8-13-33)41(54)51-24-22-50(23-25-51)30-34-14-9-5-10-15-34;1-2/h4-5,7-10,12-16,18-19,26-27,29,32,39H,2-3,6,11,17,20-25,28,30-31H2,1H3;1-2H3. The van der Waals surface area contributed by atoms with Crippen molar-refractivity contribution in [2.75, 3.05) is 32.7 Å². The van der Waals surface area contributed by atoms with Crippen LogP contribution in [-0.4, -0.2) is 65.3 Å². The monoisotopic (exact) mass is 783 g/mol. The molecule has 3 aromatic carbocycles. The molecule has 1 saturated heterocycles. The van der Waals surface area contributed by atoms with Crippen LogP contribution in [0.15, 0.2) is 103 Å². The normalized spacial score (nSPS) is 16.8. The number of allylic oxidation sites excluding steroid dienone is 2. The van der Waals surface area contributed by atoms with Crippen LogP contribution >= 0.6 is 0 Å². The Labute approximate surface area is 328 Å². The first-order chi connectivity index (χ1) is 26.8. The smallest absolute Gasteiger partial charge is 0.338 e. The van der Waals surface area contributed by atoms with Gasteiger partial charge in [0.05, 0.1) is 11.1 Å². The number of piperazine rings is 1. The number of halogens is 6. The van der Waals surface area contributed by atoms with E-state index in [-0.39, 0.29) is 43.3 Å². The van der Waals surface area contributed by atoms with E-state index < -0.39 is 35.4 Å². The SMILES string of the molecule is CC.CCCCCC1C=CC(CN(C(=O)CCc2cc(C(F)(F)F)cc(C(F)(F)F)c2)C(Cc2ccccc2)C(=O)N2CCN(Cc3ccccc3)CC2)=CC1. The number of carbonyl (C=O) groups excluding carboxylic acids is 2. The van der Waals surface area contributed by atoms with Crippen LogP contribution in [0, 0.1) is 5.92 Å². The van der Waals surface area contributed by atoms with E-state index in [1.165, 1.54) is 10.5 Å². The Bertz CT molecular complexity index is 1700. The molecule has 304 valence electrons. The second-order valence-corrected chi connectivity index (χ2v) is 14.4. The lowest BCUT2D eigenvalue weighted by atomic mass is 9.91. The lowest BCUT2D eigenvalue weighted by Gasteiger charge is -2.39. The van der Waals surface area contributed by atoms with Crippen molar-refractivity contribution in [3.8, 4) is 0 Å². The zero-order chi connectivity index (χ0) is 40.7. The molecule has 2 aliphatic rings. The summed E-state index contributed by atoms with van der Waals surface area (Å²) in [5.74, 6) is -0.387. The van der Waals surface area contributed by atoms with E-state index in [0.717, 1.165) is 49.8 Å². The molecule has 0 spiro atoms. The molecule has 11 heteroatoms. The summed E-state index contributed by atoms with van der Waals surface area (Å²) in [5.41, 5.74) is -0.268. The minimum absolute atomic E-state index is 0.0865. The van der Waals surface area contributed by atoms with Crippen molar-refractivity contribution in [3.05, 3.63) is 130 Å². The van der Waals surface area contributed by atoms with Crippen molar-refractivity contribution in [2.45, 2.75) is 97.1 Å². The van der Waals surface area contributed by atoms with Gasteiger partial charge in [0.1, 0.15) is 6.04 Å². The van der Waals surface area contributed by atoms with Gasteiger partial charge in [0.2, 0.25) is 11.8 Å². The lowest BCUT2D eigenvalue weighted by Crippen LogP contribution is -2.57. The molecule has 2 amide bonds. The fraction of sp³-hybridized carbons (Fsp3) is 0.467. The third-order valence-electron chi connectivity index (χ3n) is 10.3. The minimum Gasteiger partial charge on any atom is -0.338 e. The van der Waals surface area contributed by atoms with Gasteiger partial charge in [-0.05, 0) is 65.6 Å². The molecule has 0 radical (unpaired) electrons. The van der Waals surface area contributed by atoms with Gasteiger partial charge in [-0.25, -0.2) is 0 Å². The number of rotatable bonds is 15. The molecule has 0 saturated carbocycles. The van der Waals surface area contributed by atoms with E-state index in [4.69, 9.17) is 0 Å². The van der Waals surface area contributed by atoms with Crippen LogP contribution in [0.25, 0.3) is 0 Å². The largest absolute Gasteiger partial charge is 0.416 e. The van der Waals surface area contributed by atoms with E-state index in [2.05, 4.69) is 36.1 Å². The summed E-state index contributed by atoms with van der Waals surface area (Å²) >= 11 is 0. The molecule has 0 N–H and O–H groups in total. The predicted molar refractivity (Wildman–Crippen MR) is 210 cm³/mol. The fourth-order valence-electron chi connectivity index (χ4n) is 7.17. The summed E-state index contributed by atoms with van der Waals surface area (Å²) in [6, 6.07) is 19.8. The zero-order valence-electron chi connectivity index (χ0n) is 32.7. The number of aryl methyl sites for hydroxylation is 1.